The molecular formula is C16H22ClNO. The minimum Gasteiger partial charge on any atom is -0.375 e. The van der Waals surface area contributed by atoms with E-state index in [1.807, 2.05) is 6.07 Å². The maximum absolute atomic E-state index is 6.48. The Balaban J connectivity index is 1.77. The summed E-state index contributed by atoms with van der Waals surface area (Å²) in [5, 5.41) is 0.807. The van der Waals surface area contributed by atoms with Crippen molar-refractivity contribution in [1.82, 2.24) is 0 Å². The Bertz CT molecular complexity index is 470. The van der Waals surface area contributed by atoms with Crippen LogP contribution in [0.1, 0.15) is 49.3 Å². The molecule has 1 heterocycles. The van der Waals surface area contributed by atoms with E-state index in [1.54, 1.807) is 0 Å². The number of benzene rings is 1. The standard InChI is InChI=1S/C16H22ClNO/c1-11-3-4-13(14(17)9-11)15(18)12-5-8-19-16(10-12)6-2-7-16/h3-4,9,12,15H,2,5-8,10,18H2,1H3. The third kappa shape index (κ3) is 2.54. The molecule has 1 spiro atoms. The second-order valence-corrected chi connectivity index (χ2v) is 6.60. The van der Waals surface area contributed by atoms with Crippen LogP contribution in [0.4, 0.5) is 0 Å². The highest BCUT2D eigenvalue weighted by Crippen LogP contribution is 2.47. The summed E-state index contributed by atoms with van der Waals surface area (Å²) in [6.45, 7) is 2.90. The van der Waals surface area contributed by atoms with Gasteiger partial charge in [-0.05, 0) is 62.1 Å². The molecule has 0 aromatic heterocycles. The van der Waals surface area contributed by atoms with Crippen molar-refractivity contribution in [3.63, 3.8) is 0 Å². The van der Waals surface area contributed by atoms with E-state index in [9.17, 15) is 0 Å². The molecule has 2 N–H and O–H groups in total. The van der Waals surface area contributed by atoms with Crippen LogP contribution in [0, 0.1) is 12.8 Å². The van der Waals surface area contributed by atoms with Crippen LogP contribution in [0.2, 0.25) is 5.02 Å². The summed E-state index contributed by atoms with van der Waals surface area (Å²) in [5.74, 6) is 0.495. The number of halogens is 1. The van der Waals surface area contributed by atoms with Gasteiger partial charge in [0.05, 0.1) is 5.60 Å². The van der Waals surface area contributed by atoms with Crippen LogP contribution >= 0.6 is 11.6 Å². The second-order valence-electron chi connectivity index (χ2n) is 6.19. The van der Waals surface area contributed by atoms with Gasteiger partial charge in [0.15, 0.2) is 0 Å². The van der Waals surface area contributed by atoms with Crippen molar-refractivity contribution >= 4 is 11.6 Å². The molecule has 1 aromatic rings. The van der Waals surface area contributed by atoms with Crippen molar-refractivity contribution in [2.45, 2.75) is 50.7 Å². The van der Waals surface area contributed by atoms with Crippen molar-refractivity contribution < 1.29 is 4.74 Å². The molecule has 2 nitrogen and oxygen atoms in total. The van der Waals surface area contributed by atoms with Crippen LogP contribution < -0.4 is 5.73 Å². The lowest BCUT2D eigenvalue weighted by molar-refractivity contribution is -0.146. The first-order valence-electron chi connectivity index (χ1n) is 7.25. The molecule has 3 rings (SSSR count). The molecule has 2 unspecified atom stereocenters. The zero-order chi connectivity index (χ0) is 13.5. The fourth-order valence-corrected chi connectivity index (χ4v) is 3.81. The second kappa shape index (κ2) is 5.08. The first kappa shape index (κ1) is 13.4. The lowest BCUT2D eigenvalue weighted by atomic mass is 9.70. The van der Waals surface area contributed by atoms with E-state index >= 15 is 0 Å². The van der Waals surface area contributed by atoms with E-state index in [0.717, 1.165) is 30.0 Å². The molecule has 2 fully saturated rings. The molecule has 2 aliphatic rings. The Labute approximate surface area is 120 Å². The number of hydrogen-bond acceptors (Lipinski definition) is 2. The summed E-state index contributed by atoms with van der Waals surface area (Å²) in [5.41, 5.74) is 8.91. The minimum atomic E-state index is 0.0366. The van der Waals surface area contributed by atoms with Crippen molar-refractivity contribution in [2.24, 2.45) is 11.7 Å². The van der Waals surface area contributed by atoms with Gasteiger partial charge in [-0.1, -0.05) is 23.7 Å². The SMILES string of the molecule is Cc1ccc(C(N)C2CCOC3(CCC3)C2)c(Cl)c1. The average molecular weight is 280 g/mol. The third-order valence-electron chi connectivity index (χ3n) is 4.82. The molecule has 104 valence electrons. The smallest absolute Gasteiger partial charge is 0.0686 e. The topological polar surface area (TPSA) is 35.2 Å². The van der Waals surface area contributed by atoms with Gasteiger partial charge < -0.3 is 10.5 Å². The highest BCUT2D eigenvalue weighted by atomic mass is 35.5. The fraction of sp³-hybridized carbons (Fsp3) is 0.625. The van der Waals surface area contributed by atoms with Crippen LogP contribution in [-0.4, -0.2) is 12.2 Å². The van der Waals surface area contributed by atoms with Gasteiger partial charge in [-0.25, -0.2) is 0 Å². The quantitative estimate of drug-likeness (QED) is 0.888. The van der Waals surface area contributed by atoms with Crippen molar-refractivity contribution in [2.75, 3.05) is 6.61 Å². The predicted molar refractivity (Wildman–Crippen MR) is 78.4 cm³/mol. The Hall–Kier alpha value is -0.570. The summed E-state index contributed by atoms with van der Waals surface area (Å²) in [6.07, 6.45) is 5.86. The van der Waals surface area contributed by atoms with Gasteiger partial charge in [0, 0.05) is 17.7 Å². The van der Waals surface area contributed by atoms with E-state index in [-0.39, 0.29) is 11.6 Å². The van der Waals surface area contributed by atoms with Gasteiger partial charge in [-0.15, -0.1) is 0 Å². The van der Waals surface area contributed by atoms with Gasteiger partial charge in [-0.3, -0.25) is 0 Å². The summed E-state index contributed by atoms with van der Waals surface area (Å²) >= 11 is 6.35. The number of nitrogens with two attached hydrogens (primary N) is 1. The van der Waals surface area contributed by atoms with Crippen LogP contribution in [0.25, 0.3) is 0 Å². The first-order valence-corrected chi connectivity index (χ1v) is 7.63. The van der Waals surface area contributed by atoms with E-state index in [1.165, 1.54) is 24.8 Å². The van der Waals surface area contributed by atoms with Gasteiger partial charge in [0.25, 0.3) is 0 Å². The van der Waals surface area contributed by atoms with Gasteiger partial charge in [0.1, 0.15) is 0 Å². The van der Waals surface area contributed by atoms with E-state index in [4.69, 9.17) is 22.1 Å². The third-order valence-corrected chi connectivity index (χ3v) is 5.15. The van der Waals surface area contributed by atoms with Crippen LogP contribution in [-0.2, 0) is 4.74 Å². The fourth-order valence-electron chi connectivity index (χ4n) is 3.45. The Kier molecular flexibility index (Phi) is 3.59. The number of rotatable bonds is 2. The Morgan fingerprint density at radius 2 is 2.21 bits per heavy atom. The highest BCUT2D eigenvalue weighted by Gasteiger charge is 2.44. The van der Waals surface area contributed by atoms with Crippen LogP contribution in [0.5, 0.6) is 0 Å². The maximum atomic E-state index is 6.48. The molecule has 0 amide bonds. The van der Waals surface area contributed by atoms with E-state index < -0.39 is 0 Å². The predicted octanol–water partition coefficient (Wildman–Crippen LogP) is 4.00. The summed E-state index contributed by atoms with van der Waals surface area (Å²) in [7, 11) is 0. The molecule has 1 aliphatic heterocycles. The molecule has 1 aliphatic carbocycles. The van der Waals surface area contributed by atoms with Crippen LogP contribution in [0.3, 0.4) is 0 Å². The molecule has 3 heteroatoms. The molecule has 2 atom stereocenters. The normalized spacial score (nSPS) is 27.0. The largest absolute Gasteiger partial charge is 0.375 e. The number of ether oxygens (including phenoxy) is 1. The molecular weight excluding hydrogens is 258 g/mol. The monoisotopic (exact) mass is 279 g/mol. The van der Waals surface area contributed by atoms with Gasteiger partial charge >= 0.3 is 0 Å². The molecule has 1 aromatic carbocycles. The molecule has 0 radical (unpaired) electrons. The molecule has 19 heavy (non-hydrogen) atoms. The van der Waals surface area contributed by atoms with Crippen molar-refractivity contribution in [3.8, 4) is 0 Å². The highest BCUT2D eigenvalue weighted by molar-refractivity contribution is 6.31. The zero-order valence-corrected chi connectivity index (χ0v) is 12.2. The molecule has 0 bridgehead atoms. The van der Waals surface area contributed by atoms with Gasteiger partial charge in [0.2, 0.25) is 0 Å². The minimum absolute atomic E-state index is 0.0366. The summed E-state index contributed by atoms with van der Waals surface area (Å²) in [4.78, 5) is 0. The Morgan fingerprint density at radius 3 is 2.84 bits per heavy atom. The lowest BCUT2D eigenvalue weighted by Gasteiger charge is -2.48. The first-order chi connectivity index (χ1) is 9.10. The zero-order valence-electron chi connectivity index (χ0n) is 11.5. The van der Waals surface area contributed by atoms with Crippen molar-refractivity contribution in [1.29, 1.82) is 0 Å². The van der Waals surface area contributed by atoms with E-state index in [0.29, 0.717) is 5.92 Å². The number of aryl methyl sites for hydroxylation is 1. The van der Waals surface area contributed by atoms with Crippen LogP contribution in [0.15, 0.2) is 18.2 Å². The van der Waals surface area contributed by atoms with Gasteiger partial charge in [-0.2, -0.15) is 0 Å². The molecule has 1 saturated carbocycles. The van der Waals surface area contributed by atoms with Crippen molar-refractivity contribution in [3.05, 3.63) is 34.3 Å². The lowest BCUT2D eigenvalue weighted by Crippen LogP contribution is -2.47. The summed E-state index contributed by atoms with van der Waals surface area (Å²) in [6, 6.07) is 6.23. The molecule has 1 saturated heterocycles. The summed E-state index contributed by atoms with van der Waals surface area (Å²) < 4.78 is 5.98. The number of hydrogen-bond donors (Lipinski definition) is 1. The van der Waals surface area contributed by atoms with E-state index in [2.05, 4.69) is 19.1 Å². The maximum Gasteiger partial charge on any atom is 0.0686 e. The average Bonchev–Trinajstić information content (AvgIpc) is 2.36. The Morgan fingerprint density at radius 1 is 1.42 bits per heavy atom.